The van der Waals surface area contributed by atoms with E-state index in [-0.39, 0.29) is 33.3 Å². The molecule has 0 atom stereocenters. The zero-order chi connectivity index (χ0) is 24.5. The first-order valence-corrected chi connectivity index (χ1v) is 11.9. The maximum absolute atomic E-state index is 14.7. The summed E-state index contributed by atoms with van der Waals surface area (Å²) < 4.78 is 57.4. The van der Waals surface area contributed by atoms with Gasteiger partial charge in [0.05, 0.1) is 10.6 Å². The highest BCUT2D eigenvalue weighted by molar-refractivity contribution is 7.91. The number of Topliss-reactive ketones (excluding diaryl/α,β-unsaturated/α-hetero) is 1. The second-order valence-corrected chi connectivity index (χ2v) is 10.1. The summed E-state index contributed by atoms with van der Waals surface area (Å²) in [6.45, 7) is 1.69. The number of carbonyl (C=O) groups excluding carboxylic acids is 1. The number of ether oxygens (including phenoxy) is 1. The van der Waals surface area contributed by atoms with Crippen molar-refractivity contribution in [1.82, 2.24) is 4.98 Å². The van der Waals surface area contributed by atoms with Gasteiger partial charge in [-0.1, -0.05) is 23.2 Å². The molecule has 0 aliphatic heterocycles. The summed E-state index contributed by atoms with van der Waals surface area (Å²) in [5.41, 5.74) is -0.432. The Hall–Kier alpha value is -3.06. The van der Waals surface area contributed by atoms with Crippen LogP contribution in [0.15, 0.2) is 36.5 Å². The Morgan fingerprint density at radius 1 is 1.15 bits per heavy atom. The average molecular weight is 511 g/mol. The summed E-state index contributed by atoms with van der Waals surface area (Å²) in [6.07, 6.45) is 1.97. The molecule has 1 aromatic heterocycles. The van der Waals surface area contributed by atoms with E-state index in [0.29, 0.717) is 16.7 Å². The molecule has 0 N–H and O–H groups in total. The topological polar surface area (TPSA) is 97.1 Å². The number of benzene rings is 2. The number of nitrogens with zero attached hydrogens (tertiary/aromatic N) is 2. The number of ketones is 1. The number of nitriles is 1. The fraction of sp³-hybridized carbons (Fsp3) is 0.136. The van der Waals surface area contributed by atoms with Gasteiger partial charge in [0.15, 0.2) is 21.4 Å². The molecule has 0 bridgehead atoms. The number of rotatable bonds is 6. The predicted molar refractivity (Wildman–Crippen MR) is 120 cm³/mol. The van der Waals surface area contributed by atoms with Crippen molar-refractivity contribution in [2.75, 3.05) is 12.0 Å². The Balaban J connectivity index is 2.00. The Bertz CT molecular complexity index is 1410. The van der Waals surface area contributed by atoms with Crippen LogP contribution in [0.1, 0.15) is 21.5 Å². The molecular weight excluding hydrogens is 497 g/mol. The van der Waals surface area contributed by atoms with Crippen LogP contribution in [0.25, 0.3) is 11.1 Å². The van der Waals surface area contributed by atoms with E-state index >= 15 is 0 Å². The van der Waals surface area contributed by atoms with Crippen molar-refractivity contribution >= 4 is 38.8 Å². The van der Waals surface area contributed by atoms with E-state index in [0.717, 1.165) is 18.5 Å². The third-order valence-corrected chi connectivity index (χ3v) is 5.71. The number of hydrogen-bond acceptors (Lipinski definition) is 6. The van der Waals surface area contributed by atoms with E-state index in [1.54, 1.807) is 13.0 Å². The first kappa shape index (κ1) is 24.6. The Kier molecular flexibility index (Phi) is 7.03. The number of halogens is 4. The van der Waals surface area contributed by atoms with Gasteiger partial charge in [0.25, 0.3) is 0 Å². The maximum atomic E-state index is 14.7. The van der Waals surface area contributed by atoms with Crippen LogP contribution in [0.4, 0.5) is 8.78 Å². The first-order valence-electron chi connectivity index (χ1n) is 9.13. The van der Waals surface area contributed by atoms with Gasteiger partial charge in [-0.25, -0.2) is 22.2 Å². The van der Waals surface area contributed by atoms with Crippen molar-refractivity contribution in [2.24, 2.45) is 0 Å². The van der Waals surface area contributed by atoms with Crippen LogP contribution in [-0.2, 0) is 9.84 Å². The average Bonchev–Trinajstić information content (AvgIpc) is 2.70. The highest BCUT2D eigenvalue weighted by Crippen LogP contribution is 2.36. The molecule has 0 spiro atoms. The highest BCUT2D eigenvalue weighted by atomic mass is 35.5. The van der Waals surface area contributed by atoms with E-state index in [9.17, 15) is 27.3 Å². The van der Waals surface area contributed by atoms with Gasteiger partial charge in [0, 0.05) is 28.6 Å². The quantitative estimate of drug-likeness (QED) is 0.404. The molecule has 33 heavy (non-hydrogen) atoms. The molecule has 0 fully saturated rings. The predicted octanol–water partition coefficient (Wildman–Crippen LogP) is 5.53. The van der Waals surface area contributed by atoms with Crippen molar-refractivity contribution < 1.29 is 26.7 Å². The van der Waals surface area contributed by atoms with E-state index in [1.807, 2.05) is 6.07 Å². The summed E-state index contributed by atoms with van der Waals surface area (Å²) in [5, 5.41) is 10.1. The summed E-state index contributed by atoms with van der Waals surface area (Å²) in [7, 11) is -3.73. The molecule has 3 rings (SSSR count). The molecule has 1 heterocycles. The summed E-state index contributed by atoms with van der Waals surface area (Å²) in [5.74, 6) is -4.03. The van der Waals surface area contributed by atoms with Crippen LogP contribution in [-0.4, -0.2) is 31.2 Å². The van der Waals surface area contributed by atoms with Crippen molar-refractivity contribution in [3.63, 3.8) is 0 Å². The van der Waals surface area contributed by atoms with E-state index in [1.165, 1.54) is 12.1 Å². The molecule has 0 saturated heterocycles. The highest BCUT2D eigenvalue weighted by Gasteiger charge is 2.21. The minimum atomic E-state index is -3.73. The standard InChI is InChI=1S/C22H14Cl2F2N2O4S/c1-11-3-14(23)5-17(24)21(11)32-22-12(8-27)4-13(9-28-22)15-6-19(26)16(7-18(15)25)20(29)10-33(2,30)31/h3-7,9H,10H2,1-2H3. The van der Waals surface area contributed by atoms with Crippen LogP contribution in [0, 0.1) is 29.9 Å². The minimum absolute atomic E-state index is 0.0383. The normalized spacial score (nSPS) is 11.2. The molecule has 0 unspecified atom stereocenters. The van der Waals surface area contributed by atoms with E-state index < -0.39 is 38.6 Å². The van der Waals surface area contributed by atoms with Gasteiger partial charge < -0.3 is 4.74 Å². The molecule has 0 saturated carbocycles. The van der Waals surface area contributed by atoms with E-state index in [2.05, 4.69) is 4.98 Å². The van der Waals surface area contributed by atoms with Crippen LogP contribution < -0.4 is 4.74 Å². The lowest BCUT2D eigenvalue weighted by Crippen LogP contribution is -2.16. The fourth-order valence-corrected chi connectivity index (χ4v) is 4.24. The smallest absolute Gasteiger partial charge is 0.237 e. The monoisotopic (exact) mass is 510 g/mol. The van der Waals surface area contributed by atoms with Gasteiger partial charge in [-0.05, 0) is 42.8 Å². The van der Waals surface area contributed by atoms with Gasteiger partial charge in [-0.2, -0.15) is 5.26 Å². The number of aryl methyl sites for hydroxylation is 1. The molecule has 0 amide bonds. The molecule has 6 nitrogen and oxygen atoms in total. The Labute approximate surface area is 198 Å². The van der Waals surface area contributed by atoms with Crippen molar-refractivity contribution in [3.05, 3.63) is 74.9 Å². The summed E-state index contributed by atoms with van der Waals surface area (Å²) in [4.78, 5) is 16.0. The van der Waals surface area contributed by atoms with Crippen molar-refractivity contribution in [3.8, 4) is 28.8 Å². The Morgan fingerprint density at radius 2 is 1.85 bits per heavy atom. The maximum Gasteiger partial charge on any atom is 0.237 e. The number of aromatic nitrogens is 1. The number of pyridine rings is 1. The molecule has 3 aromatic rings. The molecule has 170 valence electrons. The SMILES string of the molecule is Cc1cc(Cl)cc(Cl)c1Oc1ncc(-c2cc(F)c(C(=O)CS(C)(=O)=O)cc2F)cc1C#N. The largest absolute Gasteiger partial charge is 0.436 e. The lowest BCUT2D eigenvalue weighted by molar-refractivity contribution is 0.101. The zero-order valence-corrected chi connectivity index (χ0v) is 19.4. The number of carbonyl (C=O) groups is 1. The molecule has 0 aliphatic rings. The molecular formula is C22H14Cl2F2N2O4S. The number of hydrogen-bond donors (Lipinski definition) is 0. The molecule has 0 radical (unpaired) electrons. The van der Waals surface area contributed by atoms with Gasteiger partial charge in [0.2, 0.25) is 5.88 Å². The van der Waals surface area contributed by atoms with Crippen molar-refractivity contribution in [1.29, 1.82) is 5.26 Å². The van der Waals surface area contributed by atoms with Crippen LogP contribution in [0.3, 0.4) is 0 Å². The summed E-state index contributed by atoms with van der Waals surface area (Å²) in [6, 6.07) is 7.52. The lowest BCUT2D eigenvalue weighted by atomic mass is 10.0. The van der Waals surface area contributed by atoms with Crippen LogP contribution in [0.5, 0.6) is 11.6 Å². The van der Waals surface area contributed by atoms with Crippen LogP contribution in [0.2, 0.25) is 10.0 Å². The second kappa shape index (κ2) is 9.43. The van der Waals surface area contributed by atoms with Crippen LogP contribution >= 0.6 is 23.2 Å². The number of sulfone groups is 1. The van der Waals surface area contributed by atoms with Gasteiger partial charge in [-0.3, -0.25) is 4.79 Å². The third-order valence-electron chi connectivity index (χ3n) is 4.43. The minimum Gasteiger partial charge on any atom is -0.436 e. The Morgan fingerprint density at radius 3 is 2.45 bits per heavy atom. The third kappa shape index (κ3) is 5.66. The van der Waals surface area contributed by atoms with Crippen molar-refractivity contribution in [2.45, 2.75) is 6.92 Å². The lowest BCUT2D eigenvalue weighted by Gasteiger charge is -2.13. The molecule has 0 aliphatic carbocycles. The first-order chi connectivity index (χ1) is 15.4. The fourth-order valence-electron chi connectivity index (χ4n) is 2.97. The van der Waals surface area contributed by atoms with Gasteiger partial charge in [-0.15, -0.1) is 0 Å². The molecule has 11 heteroatoms. The van der Waals surface area contributed by atoms with Gasteiger partial charge >= 0.3 is 0 Å². The second-order valence-electron chi connectivity index (χ2n) is 7.13. The zero-order valence-electron chi connectivity index (χ0n) is 17.1. The molecule has 2 aromatic carbocycles. The van der Waals surface area contributed by atoms with E-state index in [4.69, 9.17) is 27.9 Å². The van der Waals surface area contributed by atoms with Gasteiger partial charge in [0.1, 0.15) is 29.0 Å². The summed E-state index contributed by atoms with van der Waals surface area (Å²) >= 11 is 12.1.